The molecule has 1 atom stereocenters. The SMILES string of the molecule is COc1ncnc(N[C@H]2CC3(N4CCOCC4)CC2C3)c1C(=O)Nc1ccccc1C(=O)Nc1cccc(S(=O)(=O)C(F)(F)F)c1. The second-order valence-corrected chi connectivity index (χ2v) is 13.4. The third-order valence-electron chi connectivity index (χ3n) is 8.82. The van der Waals surface area contributed by atoms with E-state index in [-0.39, 0.29) is 45.8 Å². The third-order valence-corrected chi connectivity index (χ3v) is 10.3. The minimum atomic E-state index is -5.63. The van der Waals surface area contributed by atoms with Gasteiger partial charge < -0.3 is 25.4 Å². The minimum absolute atomic E-state index is 0.0212. The fourth-order valence-corrected chi connectivity index (χ4v) is 7.41. The van der Waals surface area contributed by atoms with E-state index in [1.54, 1.807) is 6.07 Å². The van der Waals surface area contributed by atoms with Crippen molar-refractivity contribution in [3.63, 3.8) is 0 Å². The Morgan fingerprint density at radius 1 is 1.00 bits per heavy atom. The number of nitrogens with one attached hydrogen (secondary N) is 3. The number of morpholine rings is 1. The van der Waals surface area contributed by atoms with Gasteiger partial charge in [0.05, 0.1) is 36.5 Å². The lowest BCUT2D eigenvalue weighted by Crippen LogP contribution is -2.56. The van der Waals surface area contributed by atoms with E-state index >= 15 is 0 Å². The number of hydrogen-bond acceptors (Lipinski definition) is 10. The van der Waals surface area contributed by atoms with Crippen molar-refractivity contribution in [2.75, 3.05) is 49.4 Å². The van der Waals surface area contributed by atoms with E-state index < -0.39 is 32.1 Å². The van der Waals surface area contributed by atoms with Crippen LogP contribution in [0.4, 0.5) is 30.4 Å². The molecule has 4 aliphatic rings. The number of methoxy groups -OCH3 is 1. The van der Waals surface area contributed by atoms with Crippen LogP contribution in [0.3, 0.4) is 0 Å². The van der Waals surface area contributed by atoms with Crippen LogP contribution in [-0.4, -0.2) is 85.6 Å². The Bertz CT molecular complexity index is 1760. The molecule has 46 heavy (non-hydrogen) atoms. The number of hydrogen-bond donors (Lipinski definition) is 3. The van der Waals surface area contributed by atoms with E-state index in [1.807, 2.05) is 0 Å². The molecule has 16 heteroatoms. The minimum Gasteiger partial charge on any atom is -0.480 e. The quantitative estimate of drug-likeness (QED) is 0.308. The third kappa shape index (κ3) is 5.87. The molecule has 0 unspecified atom stereocenters. The fourth-order valence-electron chi connectivity index (χ4n) is 6.60. The van der Waals surface area contributed by atoms with Crippen LogP contribution in [-0.2, 0) is 14.6 Å². The van der Waals surface area contributed by atoms with Crippen molar-refractivity contribution < 1.29 is 40.7 Å². The maximum absolute atomic E-state index is 13.7. The average molecular weight is 661 g/mol. The second-order valence-electron chi connectivity index (χ2n) is 11.5. The number of nitrogens with zero attached hydrogens (tertiary/aromatic N) is 3. The highest BCUT2D eigenvalue weighted by Gasteiger charge is 2.59. The predicted octanol–water partition coefficient (Wildman–Crippen LogP) is 3.95. The van der Waals surface area contributed by atoms with Crippen LogP contribution in [0.5, 0.6) is 5.88 Å². The number of benzene rings is 2. The van der Waals surface area contributed by atoms with Crippen LogP contribution in [0.1, 0.15) is 40.0 Å². The Morgan fingerprint density at radius 2 is 1.74 bits per heavy atom. The lowest BCUT2D eigenvalue weighted by Gasteiger charge is -2.49. The van der Waals surface area contributed by atoms with Gasteiger partial charge in [0.25, 0.3) is 21.7 Å². The Labute approximate surface area is 262 Å². The normalized spacial score (nSPS) is 22.9. The lowest BCUT2D eigenvalue weighted by atomic mass is 9.75. The Hall–Kier alpha value is -4.28. The van der Waals surface area contributed by atoms with Crippen molar-refractivity contribution in [3.05, 3.63) is 66.0 Å². The second kappa shape index (κ2) is 12.1. The number of amides is 2. The summed E-state index contributed by atoms with van der Waals surface area (Å²) in [5.74, 6) is -0.747. The molecule has 2 heterocycles. The number of fused-ring (bicyclic) bond motifs is 1. The molecule has 3 saturated carbocycles. The van der Waals surface area contributed by atoms with Gasteiger partial charge in [-0.05, 0) is 55.5 Å². The summed E-state index contributed by atoms with van der Waals surface area (Å²) in [5, 5.41) is 8.55. The molecule has 3 aliphatic carbocycles. The van der Waals surface area contributed by atoms with Crippen LogP contribution in [0.25, 0.3) is 0 Å². The van der Waals surface area contributed by atoms with Crippen LogP contribution >= 0.6 is 0 Å². The monoisotopic (exact) mass is 660 g/mol. The first kappa shape index (κ1) is 31.7. The molecule has 0 spiro atoms. The van der Waals surface area contributed by atoms with E-state index in [4.69, 9.17) is 9.47 Å². The van der Waals surface area contributed by atoms with Gasteiger partial charge in [-0.1, -0.05) is 18.2 Å². The van der Waals surface area contributed by atoms with Crippen LogP contribution in [0, 0.1) is 5.92 Å². The maximum atomic E-state index is 13.7. The van der Waals surface area contributed by atoms with Gasteiger partial charge >= 0.3 is 5.51 Å². The molecule has 2 aromatic carbocycles. The van der Waals surface area contributed by atoms with E-state index in [0.29, 0.717) is 25.2 Å². The Balaban J connectivity index is 1.20. The molecule has 2 bridgehead atoms. The van der Waals surface area contributed by atoms with Crippen molar-refractivity contribution >= 4 is 38.8 Å². The zero-order valence-corrected chi connectivity index (χ0v) is 25.5. The van der Waals surface area contributed by atoms with E-state index in [9.17, 15) is 31.2 Å². The lowest BCUT2D eigenvalue weighted by molar-refractivity contribution is -0.0493. The number of para-hydroxylation sites is 1. The standard InChI is InChI=1S/C30H31F3N6O6S/c1-44-28-24(25(34-17-35-28)37-23-16-29(14-18(23)15-29)39-9-11-45-12-10-39)27(41)38-22-8-3-2-7-21(22)26(40)36-19-5-4-6-20(13-19)46(42,43)30(31,32)33/h2-8,13,17-18,23H,9-12,14-16H2,1H3,(H,36,40)(H,38,41)(H,34,35,37)/t18?,23-,29?/m0/s1. The average Bonchev–Trinajstić information content (AvgIpc) is 3.56. The summed E-state index contributed by atoms with van der Waals surface area (Å²) < 4.78 is 73.8. The van der Waals surface area contributed by atoms with Crippen LogP contribution < -0.4 is 20.7 Å². The smallest absolute Gasteiger partial charge is 0.480 e. The summed E-state index contributed by atoms with van der Waals surface area (Å²) in [5.41, 5.74) is -5.51. The molecule has 1 aromatic heterocycles. The first-order chi connectivity index (χ1) is 21.9. The molecule has 244 valence electrons. The van der Waals surface area contributed by atoms with Crippen molar-refractivity contribution in [1.82, 2.24) is 14.9 Å². The molecule has 1 saturated heterocycles. The number of sulfone groups is 1. The van der Waals surface area contributed by atoms with Gasteiger partial charge in [-0.25, -0.2) is 18.4 Å². The number of rotatable bonds is 9. The summed E-state index contributed by atoms with van der Waals surface area (Å²) in [6.07, 6.45) is 4.27. The summed E-state index contributed by atoms with van der Waals surface area (Å²) in [6.45, 7) is 3.20. The van der Waals surface area contributed by atoms with E-state index in [2.05, 4.69) is 30.8 Å². The molecule has 3 N–H and O–H groups in total. The molecule has 0 radical (unpaired) electrons. The zero-order chi connectivity index (χ0) is 32.7. The molecule has 1 aliphatic heterocycles. The largest absolute Gasteiger partial charge is 0.501 e. The van der Waals surface area contributed by atoms with Crippen LogP contribution in [0.15, 0.2) is 59.8 Å². The van der Waals surface area contributed by atoms with Gasteiger partial charge in [0.15, 0.2) is 0 Å². The van der Waals surface area contributed by atoms with Gasteiger partial charge in [-0.3, -0.25) is 14.5 Å². The highest BCUT2D eigenvalue weighted by atomic mass is 32.2. The number of carbonyl (C=O) groups excluding carboxylic acids is 2. The number of alkyl halides is 3. The van der Waals surface area contributed by atoms with E-state index in [0.717, 1.165) is 44.5 Å². The van der Waals surface area contributed by atoms with Gasteiger partial charge in [-0.15, -0.1) is 0 Å². The highest BCUT2D eigenvalue weighted by molar-refractivity contribution is 7.92. The molecule has 2 amide bonds. The molecule has 12 nitrogen and oxygen atoms in total. The summed E-state index contributed by atoms with van der Waals surface area (Å²) >= 11 is 0. The van der Waals surface area contributed by atoms with Crippen molar-refractivity contribution in [2.45, 2.75) is 41.2 Å². The van der Waals surface area contributed by atoms with Crippen molar-refractivity contribution in [3.8, 4) is 5.88 Å². The van der Waals surface area contributed by atoms with Crippen LogP contribution in [0.2, 0.25) is 0 Å². The molecular weight excluding hydrogens is 629 g/mol. The number of halogens is 3. The first-order valence-electron chi connectivity index (χ1n) is 14.5. The topological polar surface area (TPSA) is 152 Å². The Kier molecular flexibility index (Phi) is 8.37. The number of carbonyl (C=O) groups is 2. The summed E-state index contributed by atoms with van der Waals surface area (Å²) in [7, 11) is -4.26. The summed E-state index contributed by atoms with van der Waals surface area (Å²) in [6, 6.07) is 9.87. The van der Waals surface area contributed by atoms with Gasteiger partial charge in [0.2, 0.25) is 5.88 Å². The van der Waals surface area contributed by atoms with Gasteiger partial charge in [-0.2, -0.15) is 13.2 Å². The molecule has 4 fully saturated rings. The highest BCUT2D eigenvalue weighted by Crippen LogP contribution is 2.56. The molecule has 3 aromatic rings. The Morgan fingerprint density at radius 3 is 2.46 bits per heavy atom. The number of anilines is 3. The molecule has 7 rings (SSSR count). The number of aromatic nitrogens is 2. The zero-order valence-electron chi connectivity index (χ0n) is 24.6. The van der Waals surface area contributed by atoms with Gasteiger partial charge in [0.1, 0.15) is 17.7 Å². The molecular formula is C30H31F3N6O6S. The number of ether oxygens (including phenoxy) is 2. The first-order valence-corrected chi connectivity index (χ1v) is 16.0. The summed E-state index contributed by atoms with van der Waals surface area (Å²) in [4.78, 5) is 36.9. The van der Waals surface area contributed by atoms with Crippen molar-refractivity contribution in [1.29, 1.82) is 0 Å². The fraction of sp³-hybridized carbons (Fsp3) is 0.400. The van der Waals surface area contributed by atoms with E-state index in [1.165, 1.54) is 37.7 Å². The predicted molar refractivity (Wildman–Crippen MR) is 160 cm³/mol. The van der Waals surface area contributed by atoms with Crippen molar-refractivity contribution in [2.24, 2.45) is 5.92 Å². The maximum Gasteiger partial charge on any atom is 0.501 e. The van der Waals surface area contributed by atoms with Gasteiger partial charge in [0, 0.05) is 30.4 Å².